The van der Waals surface area contributed by atoms with Gasteiger partial charge in [-0.25, -0.2) is 0 Å². The number of aromatic hydroxyl groups is 2. The summed E-state index contributed by atoms with van der Waals surface area (Å²) in [6.45, 7) is 6.49. The maximum absolute atomic E-state index is 9.33. The fourth-order valence-electron chi connectivity index (χ4n) is 2.04. The minimum Gasteiger partial charge on any atom is -0.508 e. The van der Waals surface area contributed by atoms with Gasteiger partial charge in [0.2, 0.25) is 0 Å². The van der Waals surface area contributed by atoms with Gasteiger partial charge in [-0.05, 0) is 58.1 Å². The van der Waals surface area contributed by atoms with Gasteiger partial charge in [-0.15, -0.1) is 0 Å². The SMILES string of the molecule is CN(C)Cc1ccccc1O.Cc1cc(O)c(C)c(N)c1C. The van der Waals surface area contributed by atoms with Gasteiger partial charge >= 0.3 is 0 Å². The van der Waals surface area contributed by atoms with Crippen molar-refractivity contribution in [2.24, 2.45) is 0 Å². The number of nitrogens with zero attached hydrogens (tertiary/aromatic N) is 1. The summed E-state index contributed by atoms with van der Waals surface area (Å²) in [6, 6.07) is 9.13. The Hall–Kier alpha value is -2.20. The van der Waals surface area contributed by atoms with E-state index in [4.69, 9.17) is 5.73 Å². The topological polar surface area (TPSA) is 69.7 Å². The van der Waals surface area contributed by atoms with Crippen molar-refractivity contribution in [1.82, 2.24) is 4.90 Å². The lowest BCUT2D eigenvalue weighted by Crippen LogP contribution is -2.10. The summed E-state index contributed by atoms with van der Waals surface area (Å²) in [4.78, 5) is 2.02. The van der Waals surface area contributed by atoms with E-state index in [2.05, 4.69) is 0 Å². The van der Waals surface area contributed by atoms with E-state index in [-0.39, 0.29) is 5.75 Å². The van der Waals surface area contributed by atoms with Crippen molar-refractivity contribution < 1.29 is 10.2 Å². The molecule has 0 aliphatic rings. The van der Waals surface area contributed by atoms with Crippen LogP contribution in [0.25, 0.3) is 0 Å². The minimum atomic E-state index is 0.283. The van der Waals surface area contributed by atoms with Gasteiger partial charge in [0, 0.05) is 23.4 Å². The maximum Gasteiger partial charge on any atom is 0.120 e. The van der Waals surface area contributed by atoms with Crippen molar-refractivity contribution >= 4 is 5.69 Å². The zero-order valence-corrected chi connectivity index (χ0v) is 14.0. The molecule has 0 spiro atoms. The number of anilines is 1. The highest BCUT2D eigenvalue weighted by molar-refractivity contribution is 5.60. The third-order valence-electron chi connectivity index (χ3n) is 3.62. The second-order valence-electron chi connectivity index (χ2n) is 5.74. The molecule has 0 aromatic heterocycles. The molecule has 0 amide bonds. The highest BCUT2D eigenvalue weighted by atomic mass is 16.3. The molecule has 0 heterocycles. The van der Waals surface area contributed by atoms with Crippen LogP contribution in [-0.2, 0) is 6.54 Å². The number of nitrogens with two attached hydrogens (primary N) is 1. The van der Waals surface area contributed by atoms with Gasteiger partial charge in [-0.2, -0.15) is 0 Å². The van der Waals surface area contributed by atoms with Crippen LogP contribution in [0.4, 0.5) is 5.69 Å². The van der Waals surface area contributed by atoms with Crippen LogP contribution in [0, 0.1) is 20.8 Å². The molecule has 2 rings (SSSR count). The molecule has 120 valence electrons. The molecule has 0 saturated heterocycles. The molecule has 0 aliphatic heterocycles. The number of hydrogen-bond donors (Lipinski definition) is 3. The fourth-order valence-corrected chi connectivity index (χ4v) is 2.04. The summed E-state index contributed by atoms with van der Waals surface area (Å²) in [6.07, 6.45) is 0. The first-order chi connectivity index (χ1) is 10.2. The standard InChI is InChI=1S/2C9H13NO/c1-5-4-8(11)7(3)9(10)6(5)2;1-10(2)7-8-5-3-4-6-9(8)11/h4,11H,10H2,1-3H3;3-6,11H,7H2,1-2H3. The van der Waals surface area contributed by atoms with Crippen LogP contribution >= 0.6 is 0 Å². The first-order valence-corrected chi connectivity index (χ1v) is 7.20. The Morgan fingerprint density at radius 2 is 1.55 bits per heavy atom. The lowest BCUT2D eigenvalue weighted by molar-refractivity contribution is 0.386. The van der Waals surface area contributed by atoms with E-state index in [1.165, 1.54) is 0 Å². The molecular weight excluding hydrogens is 276 g/mol. The third-order valence-corrected chi connectivity index (χ3v) is 3.62. The van der Waals surface area contributed by atoms with Gasteiger partial charge in [0.25, 0.3) is 0 Å². The summed E-state index contributed by atoms with van der Waals surface area (Å²) in [5.74, 6) is 0.659. The zero-order chi connectivity index (χ0) is 16.9. The molecule has 4 N–H and O–H groups in total. The normalized spacial score (nSPS) is 10.3. The summed E-state index contributed by atoms with van der Waals surface area (Å²) in [5.41, 5.74) is 10.3. The quantitative estimate of drug-likeness (QED) is 0.744. The van der Waals surface area contributed by atoms with Gasteiger partial charge in [0.1, 0.15) is 11.5 Å². The predicted molar refractivity (Wildman–Crippen MR) is 92.2 cm³/mol. The Morgan fingerprint density at radius 1 is 0.955 bits per heavy atom. The van der Waals surface area contributed by atoms with Crippen LogP contribution in [-0.4, -0.2) is 29.2 Å². The monoisotopic (exact) mass is 302 g/mol. The Balaban J connectivity index is 0.000000220. The number of hydrogen-bond acceptors (Lipinski definition) is 4. The first kappa shape index (κ1) is 17.9. The van der Waals surface area contributed by atoms with Crippen molar-refractivity contribution in [2.75, 3.05) is 19.8 Å². The van der Waals surface area contributed by atoms with Crippen molar-refractivity contribution in [2.45, 2.75) is 27.3 Å². The maximum atomic E-state index is 9.33. The number of rotatable bonds is 2. The average molecular weight is 302 g/mol. The van der Waals surface area contributed by atoms with E-state index in [1.807, 2.05) is 58.0 Å². The lowest BCUT2D eigenvalue weighted by atomic mass is 10.0. The molecule has 0 bridgehead atoms. The molecule has 0 saturated carbocycles. The van der Waals surface area contributed by atoms with Crippen LogP contribution in [0.5, 0.6) is 11.5 Å². The molecule has 4 heteroatoms. The Labute approximate surface area is 132 Å². The predicted octanol–water partition coefficient (Wildman–Crippen LogP) is 3.35. The van der Waals surface area contributed by atoms with E-state index in [0.717, 1.165) is 28.8 Å². The highest BCUT2D eigenvalue weighted by Crippen LogP contribution is 2.28. The lowest BCUT2D eigenvalue weighted by Gasteiger charge is -2.10. The summed E-state index contributed by atoms with van der Waals surface area (Å²) in [7, 11) is 3.96. The fraction of sp³-hybridized carbons (Fsp3) is 0.333. The van der Waals surface area contributed by atoms with E-state index >= 15 is 0 Å². The molecule has 2 aromatic rings. The Bertz CT molecular complexity index is 611. The number of benzene rings is 2. The van der Waals surface area contributed by atoms with Gasteiger partial charge < -0.3 is 20.8 Å². The third kappa shape index (κ3) is 4.67. The first-order valence-electron chi connectivity index (χ1n) is 7.20. The van der Waals surface area contributed by atoms with E-state index in [0.29, 0.717) is 11.4 Å². The van der Waals surface area contributed by atoms with Crippen molar-refractivity contribution in [3.8, 4) is 11.5 Å². The van der Waals surface area contributed by atoms with Gasteiger partial charge in [-0.3, -0.25) is 0 Å². The highest BCUT2D eigenvalue weighted by Gasteiger charge is 2.05. The van der Waals surface area contributed by atoms with E-state index < -0.39 is 0 Å². The van der Waals surface area contributed by atoms with Crippen LogP contribution in [0.1, 0.15) is 22.3 Å². The molecule has 0 atom stereocenters. The van der Waals surface area contributed by atoms with Gasteiger partial charge in [0.15, 0.2) is 0 Å². The zero-order valence-electron chi connectivity index (χ0n) is 14.0. The number of para-hydroxylation sites is 1. The molecule has 22 heavy (non-hydrogen) atoms. The number of nitrogen functional groups attached to an aromatic ring is 1. The number of phenolic OH excluding ortho intramolecular Hbond substituents is 2. The van der Waals surface area contributed by atoms with Crippen molar-refractivity contribution in [1.29, 1.82) is 0 Å². The molecular formula is C18H26N2O2. The van der Waals surface area contributed by atoms with Gasteiger partial charge in [-0.1, -0.05) is 18.2 Å². The summed E-state index contributed by atoms with van der Waals surface area (Å²) in [5, 5.41) is 18.7. The van der Waals surface area contributed by atoms with Crippen LogP contribution in [0.15, 0.2) is 30.3 Å². The van der Waals surface area contributed by atoms with Crippen LogP contribution < -0.4 is 5.73 Å². The largest absolute Gasteiger partial charge is 0.508 e. The smallest absolute Gasteiger partial charge is 0.120 e. The van der Waals surface area contributed by atoms with Crippen LogP contribution in [0.3, 0.4) is 0 Å². The molecule has 0 aliphatic carbocycles. The average Bonchev–Trinajstić information content (AvgIpc) is 2.46. The molecule has 0 radical (unpaired) electrons. The number of aryl methyl sites for hydroxylation is 1. The van der Waals surface area contributed by atoms with Gasteiger partial charge in [0.05, 0.1) is 0 Å². The summed E-state index contributed by atoms with van der Waals surface area (Å²) < 4.78 is 0. The van der Waals surface area contributed by atoms with E-state index in [9.17, 15) is 10.2 Å². The Kier molecular flexibility index (Phi) is 6.25. The number of phenols is 2. The van der Waals surface area contributed by atoms with Crippen molar-refractivity contribution in [3.63, 3.8) is 0 Å². The van der Waals surface area contributed by atoms with Crippen molar-refractivity contribution in [3.05, 3.63) is 52.6 Å². The molecule has 2 aromatic carbocycles. The van der Waals surface area contributed by atoms with Crippen LogP contribution in [0.2, 0.25) is 0 Å². The molecule has 4 nitrogen and oxygen atoms in total. The molecule has 0 unspecified atom stereocenters. The Morgan fingerprint density at radius 3 is 2.09 bits per heavy atom. The molecule has 0 fully saturated rings. The minimum absolute atomic E-state index is 0.283. The summed E-state index contributed by atoms with van der Waals surface area (Å²) >= 11 is 0. The second-order valence-corrected chi connectivity index (χ2v) is 5.74. The second kappa shape index (κ2) is 7.71. The van der Waals surface area contributed by atoms with E-state index in [1.54, 1.807) is 12.1 Å².